The lowest BCUT2D eigenvalue weighted by molar-refractivity contribution is -0.161. The SMILES string of the molecule is CN(O)C(=O)C1CCOc2cc(Oc3ccc(C(=O)NCCc4ccc(C(F)(F)F)nc4N(C)C)cc3)c(Cl)cc21. The number of carbonyl (C=O) groups is 2. The third-order valence-corrected chi connectivity index (χ3v) is 6.71. The average Bonchev–Trinajstić information content (AvgIpc) is 2.92. The van der Waals surface area contributed by atoms with Crippen LogP contribution in [0.15, 0.2) is 48.5 Å². The first-order chi connectivity index (χ1) is 19.3. The van der Waals surface area contributed by atoms with Crippen LogP contribution >= 0.6 is 11.6 Å². The Morgan fingerprint density at radius 2 is 1.85 bits per heavy atom. The summed E-state index contributed by atoms with van der Waals surface area (Å²) in [5, 5.41) is 13.1. The van der Waals surface area contributed by atoms with Crippen molar-refractivity contribution in [3.8, 4) is 17.2 Å². The van der Waals surface area contributed by atoms with Crippen LogP contribution in [0.2, 0.25) is 5.02 Å². The van der Waals surface area contributed by atoms with Gasteiger partial charge in [-0.2, -0.15) is 13.2 Å². The van der Waals surface area contributed by atoms with E-state index in [-0.39, 0.29) is 42.1 Å². The lowest BCUT2D eigenvalue weighted by atomic mass is 9.92. The van der Waals surface area contributed by atoms with Crippen LogP contribution in [0.25, 0.3) is 0 Å². The standard InChI is InChI=1S/C28H28ClF3N4O5/c1-35(2)25-16(6-9-24(34-25)28(30,31)32)10-12-33-26(37)17-4-7-18(8-5-17)41-23-15-22-20(14-21(23)29)19(11-13-40-22)27(38)36(3)39/h4-9,14-15,19,39H,10-13H2,1-3H3,(H,33,37). The summed E-state index contributed by atoms with van der Waals surface area (Å²) >= 11 is 6.42. The Bertz CT molecular complexity index is 1430. The summed E-state index contributed by atoms with van der Waals surface area (Å²) in [5.41, 5.74) is 0.493. The Morgan fingerprint density at radius 3 is 2.49 bits per heavy atom. The molecule has 0 saturated carbocycles. The van der Waals surface area contributed by atoms with E-state index < -0.39 is 23.7 Å². The summed E-state index contributed by atoms with van der Waals surface area (Å²) in [7, 11) is 4.47. The number of rotatable bonds is 8. The number of likely N-dealkylation sites (N-methyl/N-ethyl adjacent to an activating group) is 1. The van der Waals surface area contributed by atoms with Crippen LogP contribution in [0.3, 0.4) is 0 Å². The van der Waals surface area contributed by atoms with Crippen molar-refractivity contribution >= 4 is 29.2 Å². The zero-order valence-corrected chi connectivity index (χ0v) is 23.2. The second kappa shape index (κ2) is 12.2. The zero-order valence-electron chi connectivity index (χ0n) is 22.5. The van der Waals surface area contributed by atoms with E-state index in [0.29, 0.717) is 39.7 Å². The van der Waals surface area contributed by atoms with Gasteiger partial charge in [-0.05, 0) is 54.8 Å². The van der Waals surface area contributed by atoms with Crippen LogP contribution in [0.4, 0.5) is 19.0 Å². The number of hydrogen-bond acceptors (Lipinski definition) is 7. The minimum atomic E-state index is -4.55. The fraction of sp³-hybridized carbons (Fsp3) is 0.321. The van der Waals surface area contributed by atoms with Gasteiger partial charge in [-0.15, -0.1) is 0 Å². The molecule has 0 aliphatic carbocycles. The number of nitrogens with one attached hydrogen (secondary N) is 1. The van der Waals surface area contributed by atoms with Gasteiger partial charge in [0.15, 0.2) is 0 Å². The molecule has 1 aliphatic heterocycles. The minimum Gasteiger partial charge on any atom is -0.493 e. The van der Waals surface area contributed by atoms with Crippen molar-refractivity contribution in [3.63, 3.8) is 0 Å². The summed E-state index contributed by atoms with van der Waals surface area (Å²) in [4.78, 5) is 30.2. The summed E-state index contributed by atoms with van der Waals surface area (Å²) in [6, 6.07) is 11.7. The Kier molecular flexibility index (Phi) is 8.93. The molecular formula is C28H28ClF3N4O5. The fourth-order valence-electron chi connectivity index (χ4n) is 4.38. The number of anilines is 1. The molecule has 1 aromatic heterocycles. The van der Waals surface area contributed by atoms with Crippen molar-refractivity contribution in [1.29, 1.82) is 0 Å². The van der Waals surface area contributed by atoms with Gasteiger partial charge in [-0.25, -0.2) is 10.0 Å². The molecule has 0 bridgehead atoms. The minimum absolute atomic E-state index is 0.185. The van der Waals surface area contributed by atoms with Crippen LogP contribution in [0.5, 0.6) is 17.2 Å². The van der Waals surface area contributed by atoms with Gasteiger partial charge in [0.1, 0.15) is 28.8 Å². The Morgan fingerprint density at radius 1 is 1.15 bits per heavy atom. The van der Waals surface area contributed by atoms with E-state index in [1.165, 1.54) is 18.0 Å². The number of hydroxylamine groups is 2. The molecule has 3 aromatic rings. The summed E-state index contributed by atoms with van der Waals surface area (Å²) < 4.78 is 50.7. The number of fused-ring (bicyclic) bond motifs is 1. The second-order valence-corrected chi connectivity index (χ2v) is 9.98. The van der Waals surface area contributed by atoms with Crippen LogP contribution < -0.4 is 19.7 Å². The van der Waals surface area contributed by atoms with E-state index in [0.717, 1.165) is 6.07 Å². The number of hydrogen-bond donors (Lipinski definition) is 2. The normalized spacial score (nSPS) is 14.5. The quantitative estimate of drug-likeness (QED) is 0.270. The first-order valence-electron chi connectivity index (χ1n) is 12.6. The Hall–Kier alpha value is -4.03. The van der Waals surface area contributed by atoms with Gasteiger partial charge >= 0.3 is 6.18 Å². The number of nitrogens with zero attached hydrogens (tertiary/aromatic N) is 3. The number of ether oxygens (including phenoxy) is 2. The maximum atomic E-state index is 13.0. The van der Waals surface area contributed by atoms with E-state index in [1.807, 2.05) is 0 Å². The first kappa shape index (κ1) is 29.9. The molecule has 13 heteroatoms. The topological polar surface area (TPSA) is 104 Å². The number of benzene rings is 2. The molecule has 2 heterocycles. The van der Waals surface area contributed by atoms with E-state index >= 15 is 0 Å². The summed E-state index contributed by atoms with van der Waals surface area (Å²) in [6.07, 6.45) is -3.87. The number of aromatic nitrogens is 1. The molecule has 1 unspecified atom stereocenters. The number of amides is 2. The highest BCUT2D eigenvalue weighted by Gasteiger charge is 2.33. The van der Waals surface area contributed by atoms with Gasteiger partial charge in [-0.3, -0.25) is 14.8 Å². The molecule has 0 fully saturated rings. The highest BCUT2D eigenvalue weighted by Crippen LogP contribution is 2.42. The molecule has 2 aromatic carbocycles. The number of halogens is 4. The van der Waals surface area contributed by atoms with Gasteiger partial charge < -0.3 is 19.7 Å². The van der Waals surface area contributed by atoms with Crippen LogP contribution in [-0.2, 0) is 17.4 Å². The van der Waals surface area contributed by atoms with Crippen molar-refractivity contribution in [2.24, 2.45) is 0 Å². The molecular weight excluding hydrogens is 565 g/mol. The van der Waals surface area contributed by atoms with Crippen LogP contribution in [0, 0.1) is 0 Å². The molecule has 0 spiro atoms. The van der Waals surface area contributed by atoms with E-state index in [2.05, 4.69) is 10.3 Å². The predicted molar refractivity (Wildman–Crippen MR) is 145 cm³/mol. The largest absolute Gasteiger partial charge is 0.493 e. The molecule has 218 valence electrons. The lowest BCUT2D eigenvalue weighted by Crippen LogP contribution is -2.31. The van der Waals surface area contributed by atoms with Crippen molar-refractivity contribution in [2.75, 3.05) is 39.2 Å². The molecule has 0 radical (unpaired) electrons. The van der Waals surface area contributed by atoms with Crippen LogP contribution in [-0.4, -0.2) is 61.4 Å². The Balaban J connectivity index is 1.38. The van der Waals surface area contributed by atoms with Gasteiger partial charge in [-0.1, -0.05) is 17.7 Å². The van der Waals surface area contributed by atoms with Crippen molar-refractivity contribution in [1.82, 2.24) is 15.4 Å². The van der Waals surface area contributed by atoms with Gasteiger partial charge in [0.2, 0.25) is 0 Å². The highest BCUT2D eigenvalue weighted by atomic mass is 35.5. The zero-order chi connectivity index (χ0) is 29.9. The lowest BCUT2D eigenvalue weighted by Gasteiger charge is -2.27. The molecule has 2 N–H and O–H groups in total. The van der Waals surface area contributed by atoms with Gasteiger partial charge in [0, 0.05) is 44.9 Å². The highest BCUT2D eigenvalue weighted by molar-refractivity contribution is 6.32. The van der Waals surface area contributed by atoms with E-state index in [4.69, 9.17) is 21.1 Å². The van der Waals surface area contributed by atoms with E-state index in [9.17, 15) is 28.0 Å². The maximum absolute atomic E-state index is 13.0. The first-order valence-corrected chi connectivity index (χ1v) is 13.0. The fourth-order valence-corrected chi connectivity index (χ4v) is 4.59. The number of alkyl halides is 3. The molecule has 9 nitrogen and oxygen atoms in total. The molecule has 0 saturated heterocycles. The van der Waals surface area contributed by atoms with Crippen molar-refractivity contribution < 1.29 is 37.4 Å². The third-order valence-electron chi connectivity index (χ3n) is 6.42. The van der Waals surface area contributed by atoms with Crippen LogP contribution in [0.1, 0.15) is 39.5 Å². The van der Waals surface area contributed by atoms with Crippen molar-refractivity contribution in [3.05, 3.63) is 75.9 Å². The molecule has 4 rings (SSSR count). The number of pyridine rings is 1. The smallest absolute Gasteiger partial charge is 0.433 e. The molecule has 1 aliphatic rings. The van der Waals surface area contributed by atoms with E-state index in [1.54, 1.807) is 50.5 Å². The predicted octanol–water partition coefficient (Wildman–Crippen LogP) is 5.30. The molecule has 41 heavy (non-hydrogen) atoms. The maximum Gasteiger partial charge on any atom is 0.433 e. The van der Waals surface area contributed by atoms with Gasteiger partial charge in [0.05, 0.1) is 17.5 Å². The number of carbonyl (C=O) groups excluding carboxylic acids is 2. The summed E-state index contributed by atoms with van der Waals surface area (Å²) in [5.74, 6) is -0.140. The summed E-state index contributed by atoms with van der Waals surface area (Å²) in [6.45, 7) is 0.471. The third kappa shape index (κ3) is 7.01. The molecule has 1 atom stereocenters. The van der Waals surface area contributed by atoms with Crippen molar-refractivity contribution in [2.45, 2.75) is 24.9 Å². The van der Waals surface area contributed by atoms with Gasteiger partial charge in [0.25, 0.3) is 11.8 Å². The average molecular weight is 593 g/mol. The monoisotopic (exact) mass is 592 g/mol. The second-order valence-electron chi connectivity index (χ2n) is 9.58. The molecule has 2 amide bonds. The Labute approximate surface area is 239 Å².